The summed E-state index contributed by atoms with van der Waals surface area (Å²) in [7, 11) is -1.31. The van der Waals surface area contributed by atoms with Gasteiger partial charge >= 0.3 is 0 Å². The molecule has 2 aliphatic heterocycles. The lowest BCUT2D eigenvalue weighted by molar-refractivity contribution is 0.397. The molecule has 3 heterocycles. The summed E-state index contributed by atoms with van der Waals surface area (Å²) in [6, 6.07) is 3.77. The van der Waals surface area contributed by atoms with Crippen molar-refractivity contribution in [2.75, 3.05) is 41.9 Å². The third-order valence-electron chi connectivity index (χ3n) is 3.65. The summed E-state index contributed by atoms with van der Waals surface area (Å²) >= 11 is 0. The number of hydrogen-bond donors (Lipinski definition) is 1. The van der Waals surface area contributed by atoms with Crippen molar-refractivity contribution in [2.45, 2.75) is 12.5 Å². The van der Waals surface area contributed by atoms with Crippen molar-refractivity contribution in [3.05, 3.63) is 12.1 Å². The number of nitrogens with zero attached hydrogens (tertiary/aromatic N) is 2. The molecule has 1 unspecified atom stereocenters. The molecule has 0 saturated carbocycles. The van der Waals surface area contributed by atoms with E-state index in [0.29, 0.717) is 12.3 Å². The summed E-state index contributed by atoms with van der Waals surface area (Å²) in [5.41, 5.74) is 0.941. The SMILES string of the molecule is COc1ccc2c(n1)N(C1CCS(=O)(=O)C1)CCN2. The lowest BCUT2D eigenvalue weighted by Crippen LogP contribution is -2.43. The van der Waals surface area contributed by atoms with Gasteiger partial charge in [0.15, 0.2) is 15.7 Å². The molecule has 1 atom stereocenters. The molecule has 2 aliphatic rings. The fourth-order valence-electron chi connectivity index (χ4n) is 2.70. The van der Waals surface area contributed by atoms with Crippen LogP contribution in [0, 0.1) is 0 Å². The van der Waals surface area contributed by atoms with Crippen molar-refractivity contribution < 1.29 is 13.2 Å². The van der Waals surface area contributed by atoms with Gasteiger partial charge in [-0.1, -0.05) is 0 Å². The van der Waals surface area contributed by atoms with Crippen LogP contribution in [0.2, 0.25) is 0 Å². The van der Waals surface area contributed by atoms with Gasteiger partial charge < -0.3 is 15.0 Å². The minimum atomic E-state index is -2.88. The molecule has 19 heavy (non-hydrogen) atoms. The highest BCUT2D eigenvalue weighted by molar-refractivity contribution is 7.91. The molecule has 7 heteroatoms. The molecule has 3 rings (SSSR count). The van der Waals surface area contributed by atoms with Gasteiger partial charge in [0.25, 0.3) is 0 Å². The predicted molar refractivity (Wildman–Crippen MR) is 73.7 cm³/mol. The van der Waals surface area contributed by atoms with Crippen molar-refractivity contribution in [1.29, 1.82) is 0 Å². The molecular formula is C12H17N3O3S. The van der Waals surface area contributed by atoms with Gasteiger partial charge in [-0.2, -0.15) is 4.98 Å². The van der Waals surface area contributed by atoms with E-state index in [1.807, 2.05) is 6.07 Å². The first kappa shape index (κ1) is 12.5. The third-order valence-corrected chi connectivity index (χ3v) is 5.40. The van der Waals surface area contributed by atoms with Crippen molar-refractivity contribution >= 4 is 21.3 Å². The van der Waals surface area contributed by atoms with Crippen molar-refractivity contribution in [2.24, 2.45) is 0 Å². The molecule has 6 nitrogen and oxygen atoms in total. The minimum Gasteiger partial charge on any atom is -0.481 e. The highest BCUT2D eigenvalue weighted by Crippen LogP contribution is 2.33. The lowest BCUT2D eigenvalue weighted by atomic mass is 10.2. The average molecular weight is 283 g/mol. The lowest BCUT2D eigenvalue weighted by Gasteiger charge is -2.35. The van der Waals surface area contributed by atoms with Gasteiger partial charge in [0.05, 0.1) is 24.3 Å². The van der Waals surface area contributed by atoms with E-state index in [2.05, 4.69) is 15.2 Å². The molecule has 1 N–H and O–H groups in total. The van der Waals surface area contributed by atoms with Crippen molar-refractivity contribution in [3.8, 4) is 5.88 Å². The summed E-state index contributed by atoms with van der Waals surface area (Å²) < 4.78 is 28.4. The fourth-order valence-corrected chi connectivity index (χ4v) is 4.43. The Hall–Kier alpha value is -1.50. The Kier molecular flexibility index (Phi) is 3.00. The second kappa shape index (κ2) is 4.56. The molecule has 1 saturated heterocycles. The first-order valence-corrected chi connectivity index (χ1v) is 8.17. The molecule has 1 aromatic rings. The number of sulfone groups is 1. The summed E-state index contributed by atoms with van der Waals surface area (Å²) in [6.45, 7) is 1.57. The molecule has 104 valence electrons. The Morgan fingerprint density at radius 1 is 1.47 bits per heavy atom. The zero-order chi connectivity index (χ0) is 13.5. The van der Waals surface area contributed by atoms with Crippen molar-refractivity contribution in [1.82, 2.24) is 4.98 Å². The summed E-state index contributed by atoms with van der Waals surface area (Å²) in [4.78, 5) is 6.55. The van der Waals surface area contributed by atoms with Crippen molar-refractivity contribution in [3.63, 3.8) is 0 Å². The van der Waals surface area contributed by atoms with E-state index in [1.165, 1.54) is 0 Å². The first-order chi connectivity index (χ1) is 9.09. The maximum Gasteiger partial charge on any atom is 0.215 e. The number of methoxy groups -OCH3 is 1. The Labute approximate surface area is 112 Å². The molecule has 0 bridgehead atoms. The first-order valence-electron chi connectivity index (χ1n) is 6.35. The third kappa shape index (κ3) is 2.34. The van der Waals surface area contributed by atoms with Crippen LogP contribution >= 0.6 is 0 Å². The van der Waals surface area contributed by atoms with Gasteiger partial charge in [-0.25, -0.2) is 8.42 Å². The Bertz CT molecular complexity index is 588. The smallest absolute Gasteiger partial charge is 0.215 e. The quantitative estimate of drug-likeness (QED) is 0.852. The maximum absolute atomic E-state index is 11.6. The number of aromatic nitrogens is 1. The number of pyridine rings is 1. The van der Waals surface area contributed by atoms with Gasteiger partial charge in [0.1, 0.15) is 0 Å². The molecule has 1 fully saturated rings. The predicted octanol–water partition coefficient (Wildman–Crippen LogP) is 0.509. The van der Waals surface area contributed by atoms with E-state index in [1.54, 1.807) is 13.2 Å². The van der Waals surface area contributed by atoms with E-state index in [0.717, 1.165) is 24.6 Å². The zero-order valence-electron chi connectivity index (χ0n) is 10.8. The van der Waals surface area contributed by atoms with Gasteiger partial charge in [-0.15, -0.1) is 0 Å². The number of fused-ring (bicyclic) bond motifs is 1. The average Bonchev–Trinajstić information content (AvgIpc) is 2.77. The monoisotopic (exact) mass is 283 g/mol. The standard InChI is InChI=1S/C12H17N3O3S/c1-18-11-3-2-10-12(14-11)15(6-5-13-10)9-4-7-19(16,17)8-9/h2-3,9,13H,4-8H2,1H3. The summed E-state index contributed by atoms with van der Waals surface area (Å²) in [5, 5.41) is 3.28. The van der Waals surface area contributed by atoms with Gasteiger partial charge in [0.2, 0.25) is 5.88 Å². The molecule has 0 spiro atoms. The van der Waals surface area contributed by atoms with E-state index in [4.69, 9.17) is 4.74 Å². The van der Waals surface area contributed by atoms with Crippen LogP contribution in [0.4, 0.5) is 11.5 Å². The van der Waals surface area contributed by atoms with Gasteiger partial charge in [-0.3, -0.25) is 0 Å². The van der Waals surface area contributed by atoms with Crippen LogP contribution in [0.15, 0.2) is 12.1 Å². The van der Waals surface area contributed by atoms with Crippen LogP contribution in [-0.2, 0) is 9.84 Å². The fraction of sp³-hybridized carbons (Fsp3) is 0.583. The largest absolute Gasteiger partial charge is 0.481 e. The number of rotatable bonds is 2. The highest BCUT2D eigenvalue weighted by atomic mass is 32.2. The second-order valence-corrected chi connectivity index (χ2v) is 7.13. The topological polar surface area (TPSA) is 71.5 Å². The highest BCUT2D eigenvalue weighted by Gasteiger charge is 2.35. The van der Waals surface area contributed by atoms with E-state index < -0.39 is 9.84 Å². The van der Waals surface area contributed by atoms with Crippen LogP contribution in [-0.4, -0.2) is 51.1 Å². The molecule has 0 radical (unpaired) electrons. The van der Waals surface area contributed by atoms with E-state index in [9.17, 15) is 8.42 Å². The molecular weight excluding hydrogens is 266 g/mol. The minimum absolute atomic E-state index is 0.0328. The number of anilines is 2. The molecule has 0 aromatic carbocycles. The molecule has 0 amide bonds. The Balaban J connectivity index is 1.93. The van der Waals surface area contributed by atoms with Crippen LogP contribution in [0.3, 0.4) is 0 Å². The van der Waals surface area contributed by atoms with Crippen LogP contribution in [0.25, 0.3) is 0 Å². The maximum atomic E-state index is 11.6. The molecule has 0 aliphatic carbocycles. The number of ether oxygens (including phenoxy) is 1. The normalized spacial score (nSPS) is 24.7. The number of nitrogens with one attached hydrogen (secondary N) is 1. The van der Waals surface area contributed by atoms with Gasteiger partial charge in [-0.05, 0) is 12.5 Å². The van der Waals surface area contributed by atoms with E-state index in [-0.39, 0.29) is 17.5 Å². The Morgan fingerprint density at radius 2 is 2.32 bits per heavy atom. The summed E-state index contributed by atoms with van der Waals surface area (Å²) in [6.07, 6.45) is 0.681. The van der Waals surface area contributed by atoms with E-state index >= 15 is 0 Å². The van der Waals surface area contributed by atoms with Crippen LogP contribution < -0.4 is 15.0 Å². The Morgan fingerprint density at radius 3 is 3.00 bits per heavy atom. The van der Waals surface area contributed by atoms with Crippen LogP contribution in [0.5, 0.6) is 5.88 Å². The molecule has 1 aromatic heterocycles. The number of hydrogen-bond acceptors (Lipinski definition) is 6. The van der Waals surface area contributed by atoms with Gasteiger partial charge in [0, 0.05) is 25.2 Å². The summed E-state index contributed by atoms with van der Waals surface area (Å²) in [5.74, 6) is 1.85. The zero-order valence-corrected chi connectivity index (χ0v) is 11.6. The van der Waals surface area contributed by atoms with Crippen LogP contribution in [0.1, 0.15) is 6.42 Å². The second-order valence-electron chi connectivity index (χ2n) is 4.90.